The summed E-state index contributed by atoms with van der Waals surface area (Å²) < 4.78 is 10.7. The largest absolute Gasteiger partial charge is 0.381 e. The molecule has 0 amide bonds. The van der Waals surface area contributed by atoms with E-state index in [0.29, 0.717) is 30.7 Å². The first-order valence-corrected chi connectivity index (χ1v) is 8.53. The van der Waals surface area contributed by atoms with Crippen molar-refractivity contribution in [3.8, 4) is 11.4 Å². The van der Waals surface area contributed by atoms with Gasteiger partial charge in [-0.1, -0.05) is 35.0 Å². The van der Waals surface area contributed by atoms with Crippen LogP contribution in [-0.2, 0) is 11.3 Å². The zero-order valence-corrected chi connectivity index (χ0v) is 14.5. The molecule has 3 heterocycles. The topological polar surface area (TPSA) is 112 Å². The molecule has 0 saturated carbocycles. The van der Waals surface area contributed by atoms with Crippen molar-refractivity contribution in [2.24, 2.45) is 0 Å². The van der Waals surface area contributed by atoms with E-state index in [4.69, 9.17) is 15.0 Å². The molecular formula is C18H20N6O2. The van der Waals surface area contributed by atoms with Gasteiger partial charge in [0.05, 0.1) is 18.8 Å². The van der Waals surface area contributed by atoms with E-state index in [-0.39, 0.29) is 11.9 Å². The van der Waals surface area contributed by atoms with Gasteiger partial charge in [-0.2, -0.15) is 9.97 Å². The van der Waals surface area contributed by atoms with Crippen LogP contribution in [0.2, 0.25) is 0 Å². The number of nitrogens with two attached hydrogens (primary N) is 1. The molecular weight excluding hydrogens is 332 g/mol. The molecule has 0 unspecified atom stereocenters. The first-order chi connectivity index (χ1) is 12.7. The molecule has 0 bridgehead atoms. The molecule has 1 saturated heterocycles. The molecule has 0 spiro atoms. The van der Waals surface area contributed by atoms with Crippen molar-refractivity contribution in [1.29, 1.82) is 0 Å². The zero-order valence-electron chi connectivity index (χ0n) is 14.5. The predicted molar refractivity (Wildman–Crippen MR) is 96.4 cm³/mol. The molecule has 1 aliphatic heterocycles. The van der Waals surface area contributed by atoms with Crippen molar-refractivity contribution >= 4 is 11.8 Å². The molecule has 1 fully saturated rings. The van der Waals surface area contributed by atoms with Crippen LogP contribution >= 0.6 is 0 Å². The highest BCUT2D eigenvalue weighted by Crippen LogP contribution is 2.25. The van der Waals surface area contributed by atoms with Gasteiger partial charge in [-0.3, -0.25) is 0 Å². The molecule has 1 aliphatic rings. The SMILES string of the molecule is Cc1ccc(-c2noc(CNc3cc([C@@H]4CCOC4)nc(N)n3)n2)cc1. The highest BCUT2D eigenvalue weighted by molar-refractivity contribution is 5.54. The van der Waals surface area contributed by atoms with Crippen molar-refractivity contribution in [1.82, 2.24) is 20.1 Å². The lowest BCUT2D eigenvalue weighted by Crippen LogP contribution is -2.09. The Hall–Kier alpha value is -3.00. The average molecular weight is 352 g/mol. The molecule has 134 valence electrons. The molecule has 4 rings (SSSR count). The third kappa shape index (κ3) is 3.65. The highest BCUT2D eigenvalue weighted by atomic mass is 16.5. The molecule has 2 aromatic heterocycles. The van der Waals surface area contributed by atoms with Gasteiger partial charge in [-0.15, -0.1) is 0 Å². The summed E-state index contributed by atoms with van der Waals surface area (Å²) in [4.78, 5) is 12.9. The van der Waals surface area contributed by atoms with Crippen LogP contribution < -0.4 is 11.1 Å². The standard InChI is InChI=1S/C18H20N6O2/c1-11-2-4-12(5-3-11)17-23-16(26-24-17)9-20-15-8-14(21-18(19)22-15)13-6-7-25-10-13/h2-5,8,13H,6-7,9-10H2,1H3,(H3,19,20,21,22)/t13-/m1/s1. The number of nitrogens with zero attached hydrogens (tertiary/aromatic N) is 4. The lowest BCUT2D eigenvalue weighted by atomic mass is 10.0. The molecule has 3 aromatic rings. The van der Waals surface area contributed by atoms with E-state index in [1.54, 1.807) is 0 Å². The summed E-state index contributed by atoms with van der Waals surface area (Å²) in [5, 5.41) is 7.20. The third-order valence-corrected chi connectivity index (χ3v) is 4.31. The Kier molecular flexibility index (Phi) is 4.49. The summed E-state index contributed by atoms with van der Waals surface area (Å²) in [7, 11) is 0. The summed E-state index contributed by atoms with van der Waals surface area (Å²) in [6, 6.07) is 9.87. The van der Waals surface area contributed by atoms with Gasteiger partial charge >= 0.3 is 0 Å². The molecule has 26 heavy (non-hydrogen) atoms. The Labute approximate surface area is 150 Å². The van der Waals surface area contributed by atoms with Gasteiger partial charge in [0.1, 0.15) is 5.82 Å². The van der Waals surface area contributed by atoms with Crippen LogP contribution in [0.5, 0.6) is 0 Å². The predicted octanol–water partition coefficient (Wildman–Crippen LogP) is 2.53. The van der Waals surface area contributed by atoms with Crippen molar-refractivity contribution in [3.05, 3.63) is 47.5 Å². The number of ether oxygens (including phenoxy) is 1. The van der Waals surface area contributed by atoms with E-state index in [1.165, 1.54) is 5.56 Å². The second kappa shape index (κ2) is 7.09. The number of hydrogen-bond donors (Lipinski definition) is 2. The maximum absolute atomic E-state index is 5.83. The van der Waals surface area contributed by atoms with Gasteiger partial charge in [0.2, 0.25) is 17.7 Å². The highest BCUT2D eigenvalue weighted by Gasteiger charge is 2.20. The fraction of sp³-hybridized carbons (Fsp3) is 0.333. The molecule has 1 atom stereocenters. The van der Waals surface area contributed by atoms with Crippen LogP contribution in [0.25, 0.3) is 11.4 Å². The maximum atomic E-state index is 5.83. The van der Waals surface area contributed by atoms with Crippen LogP contribution in [-0.4, -0.2) is 33.3 Å². The number of nitrogen functional groups attached to an aromatic ring is 1. The molecule has 8 heteroatoms. The quantitative estimate of drug-likeness (QED) is 0.720. The summed E-state index contributed by atoms with van der Waals surface area (Å²) in [6.07, 6.45) is 0.944. The van der Waals surface area contributed by atoms with Gasteiger partial charge in [-0.05, 0) is 13.3 Å². The number of anilines is 2. The van der Waals surface area contributed by atoms with Crippen LogP contribution in [0, 0.1) is 6.92 Å². The Morgan fingerprint density at radius 3 is 2.81 bits per heavy atom. The van der Waals surface area contributed by atoms with E-state index in [9.17, 15) is 0 Å². The lowest BCUT2D eigenvalue weighted by Gasteiger charge is -2.10. The number of hydrogen-bond acceptors (Lipinski definition) is 8. The minimum atomic E-state index is 0.239. The maximum Gasteiger partial charge on any atom is 0.246 e. The summed E-state index contributed by atoms with van der Waals surface area (Å²) in [6.45, 7) is 3.81. The van der Waals surface area contributed by atoms with Crippen LogP contribution in [0.4, 0.5) is 11.8 Å². The van der Waals surface area contributed by atoms with E-state index in [1.807, 2.05) is 37.3 Å². The summed E-state index contributed by atoms with van der Waals surface area (Å²) in [5.41, 5.74) is 8.83. The van der Waals surface area contributed by atoms with Crippen LogP contribution in [0.3, 0.4) is 0 Å². The van der Waals surface area contributed by atoms with Gasteiger partial charge in [-0.25, -0.2) is 4.98 Å². The molecule has 8 nitrogen and oxygen atoms in total. The summed E-state index contributed by atoms with van der Waals surface area (Å²) in [5.74, 6) is 2.17. The minimum absolute atomic E-state index is 0.239. The number of rotatable bonds is 5. The number of nitrogens with one attached hydrogen (secondary N) is 1. The summed E-state index contributed by atoms with van der Waals surface area (Å²) >= 11 is 0. The zero-order chi connectivity index (χ0) is 17.9. The number of aryl methyl sites for hydroxylation is 1. The lowest BCUT2D eigenvalue weighted by molar-refractivity contribution is 0.193. The number of aromatic nitrogens is 4. The molecule has 0 radical (unpaired) electrons. The molecule has 0 aliphatic carbocycles. The van der Waals surface area contributed by atoms with E-state index < -0.39 is 0 Å². The first-order valence-electron chi connectivity index (χ1n) is 8.53. The second-order valence-electron chi connectivity index (χ2n) is 6.33. The van der Waals surface area contributed by atoms with Crippen molar-refractivity contribution < 1.29 is 9.26 Å². The Morgan fingerprint density at radius 2 is 2.04 bits per heavy atom. The average Bonchev–Trinajstić information content (AvgIpc) is 3.32. The Balaban J connectivity index is 1.45. The Bertz CT molecular complexity index is 887. The van der Waals surface area contributed by atoms with Gasteiger partial charge < -0.3 is 20.3 Å². The molecule has 1 aromatic carbocycles. The molecule has 3 N–H and O–H groups in total. The normalized spacial score (nSPS) is 16.7. The van der Waals surface area contributed by atoms with Crippen molar-refractivity contribution in [2.45, 2.75) is 25.8 Å². The third-order valence-electron chi connectivity index (χ3n) is 4.31. The van der Waals surface area contributed by atoms with Gasteiger partial charge in [0.15, 0.2) is 0 Å². The van der Waals surface area contributed by atoms with Crippen molar-refractivity contribution in [3.63, 3.8) is 0 Å². The number of benzene rings is 1. The fourth-order valence-corrected chi connectivity index (χ4v) is 2.87. The van der Waals surface area contributed by atoms with Gasteiger partial charge in [0.25, 0.3) is 0 Å². The van der Waals surface area contributed by atoms with Gasteiger partial charge in [0, 0.05) is 24.2 Å². The van der Waals surface area contributed by atoms with Crippen LogP contribution in [0.1, 0.15) is 29.5 Å². The van der Waals surface area contributed by atoms with E-state index in [2.05, 4.69) is 25.4 Å². The fourth-order valence-electron chi connectivity index (χ4n) is 2.87. The minimum Gasteiger partial charge on any atom is -0.381 e. The second-order valence-corrected chi connectivity index (χ2v) is 6.33. The smallest absolute Gasteiger partial charge is 0.246 e. The van der Waals surface area contributed by atoms with E-state index in [0.717, 1.165) is 24.3 Å². The monoisotopic (exact) mass is 352 g/mol. The first kappa shape index (κ1) is 16.5. The van der Waals surface area contributed by atoms with Crippen LogP contribution in [0.15, 0.2) is 34.9 Å². The Morgan fingerprint density at radius 1 is 1.19 bits per heavy atom. The van der Waals surface area contributed by atoms with E-state index >= 15 is 0 Å². The van der Waals surface area contributed by atoms with Crippen molar-refractivity contribution in [2.75, 3.05) is 24.3 Å².